The van der Waals surface area contributed by atoms with Crippen molar-refractivity contribution in [2.45, 2.75) is 63.5 Å². The summed E-state index contributed by atoms with van der Waals surface area (Å²) in [5.41, 5.74) is 5.50. The minimum absolute atomic E-state index is 0.429. The molecule has 0 fully saturated rings. The normalized spacial score (nSPS) is 11.8. The zero-order valence-electron chi connectivity index (χ0n) is 20.9. The average molecular weight is 505 g/mol. The van der Waals surface area contributed by atoms with E-state index in [1.54, 1.807) is 0 Å². The monoisotopic (exact) mass is 504 g/mol. The Labute approximate surface area is 219 Å². The Morgan fingerprint density at radius 1 is 0.914 bits per heavy atom. The SMILES string of the molecule is CCCCCCCCSC[C@H](O)CSc1nc(-c2ccccc2)cc(-c2ccc(C)cc2)c1C#N. The van der Waals surface area contributed by atoms with Crippen LogP contribution in [0.5, 0.6) is 0 Å². The van der Waals surface area contributed by atoms with Gasteiger partial charge in [-0.25, -0.2) is 4.98 Å². The van der Waals surface area contributed by atoms with Gasteiger partial charge in [-0.15, -0.1) is 11.8 Å². The molecule has 1 aromatic heterocycles. The lowest BCUT2D eigenvalue weighted by molar-refractivity contribution is 0.225. The van der Waals surface area contributed by atoms with Gasteiger partial charge >= 0.3 is 0 Å². The highest BCUT2D eigenvalue weighted by atomic mass is 32.2. The van der Waals surface area contributed by atoms with E-state index in [-0.39, 0.29) is 0 Å². The first-order valence-corrected chi connectivity index (χ1v) is 14.7. The van der Waals surface area contributed by atoms with Gasteiger partial charge < -0.3 is 5.11 Å². The highest BCUT2D eigenvalue weighted by Crippen LogP contribution is 2.34. The van der Waals surface area contributed by atoms with Gasteiger partial charge in [-0.3, -0.25) is 0 Å². The van der Waals surface area contributed by atoms with Crippen molar-refractivity contribution in [3.8, 4) is 28.5 Å². The molecule has 0 aliphatic rings. The molecule has 2 aromatic carbocycles. The molecule has 0 aliphatic heterocycles. The maximum Gasteiger partial charge on any atom is 0.115 e. The quantitative estimate of drug-likeness (QED) is 0.177. The molecule has 184 valence electrons. The van der Waals surface area contributed by atoms with Crippen molar-refractivity contribution in [3.05, 3.63) is 71.8 Å². The summed E-state index contributed by atoms with van der Waals surface area (Å²) in [6, 6.07) is 22.7. The van der Waals surface area contributed by atoms with E-state index in [4.69, 9.17) is 4.98 Å². The summed E-state index contributed by atoms with van der Waals surface area (Å²) < 4.78 is 0. The van der Waals surface area contributed by atoms with Gasteiger partial charge in [0, 0.05) is 22.6 Å². The minimum atomic E-state index is -0.429. The molecule has 3 aromatic rings. The molecule has 3 rings (SSSR count). The van der Waals surface area contributed by atoms with E-state index in [9.17, 15) is 10.4 Å². The molecular weight excluding hydrogens is 468 g/mol. The van der Waals surface area contributed by atoms with E-state index < -0.39 is 6.10 Å². The van der Waals surface area contributed by atoms with E-state index >= 15 is 0 Å². The number of hydrogen-bond donors (Lipinski definition) is 1. The molecular formula is C30H36N2OS2. The smallest absolute Gasteiger partial charge is 0.115 e. The minimum Gasteiger partial charge on any atom is -0.391 e. The second-order valence-electron chi connectivity index (χ2n) is 8.89. The van der Waals surface area contributed by atoms with Gasteiger partial charge in [-0.2, -0.15) is 17.0 Å². The van der Waals surface area contributed by atoms with Crippen LogP contribution in [0.3, 0.4) is 0 Å². The molecule has 0 amide bonds. The second kappa shape index (κ2) is 15.0. The van der Waals surface area contributed by atoms with Crippen molar-refractivity contribution in [1.29, 1.82) is 5.26 Å². The molecule has 1 heterocycles. The molecule has 1 atom stereocenters. The van der Waals surface area contributed by atoms with Gasteiger partial charge in [-0.05, 0) is 30.7 Å². The molecule has 0 unspecified atom stereocenters. The Bertz CT molecular complexity index is 1080. The topological polar surface area (TPSA) is 56.9 Å². The number of aryl methyl sites for hydroxylation is 1. The largest absolute Gasteiger partial charge is 0.391 e. The van der Waals surface area contributed by atoms with Crippen molar-refractivity contribution in [2.24, 2.45) is 0 Å². The van der Waals surface area contributed by atoms with Crippen LogP contribution in [0.2, 0.25) is 0 Å². The Morgan fingerprint density at radius 2 is 1.63 bits per heavy atom. The summed E-state index contributed by atoms with van der Waals surface area (Å²) >= 11 is 3.30. The molecule has 5 heteroatoms. The van der Waals surface area contributed by atoms with Crippen LogP contribution in [0.15, 0.2) is 65.7 Å². The van der Waals surface area contributed by atoms with Gasteiger partial charge in [0.25, 0.3) is 0 Å². The van der Waals surface area contributed by atoms with Crippen molar-refractivity contribution in [1.82, 2.24) is 4.98 Å². The lowest BCUT2D eigenvalue weighted by atomic mass is 9.98. The van der Waals surface area contributed by atoms with Crippen LogP contribution in [-0.4, -0.2) is 33.5 Å². The van der Waals surface area contributed by atoms with E-state index in [0.717, 1.165) is 28.1 Å². The lowest BCUT2D eigenvalue weighted by Crippen LogP contribution is -2.14. The Morgan fingerprint density at radius 3 is 2.34 bits per heavy atom. The number of aromatic nitrogens is 1. The molecule has 3 nitrogen and oxygen atoms in total. The molecule has 0 bridgehead atoms. The summed E-state index contributed by atoms with van der Waals surface area (Å²) in [5, 5.41) is 21.3. The van der Waals surface area contributed by atoms with E-state index in [2.05, 4.69) is 44.2 Å². The van der Waals surface area contributed by atoms with Crippen LogP contribution in [0.4, 0.5) is 0 Å². The maximum atomic E-state index is 10.6. The Balaban J connectivity index is 1.69. The molecule has 1 N–H and O–H groups in total. The number of thioether (sulfide) groups is 2. The summed E-state index contributed by atoms with van der Waals surface area (Å²) in [5.74, 6) is 2.33. The van der Waals surface area contributed by atoms with Crippen molar-refractivity contribution < 1.29 is 5.11 Å². The number of nitrogens with zero attached hydrogens (tertiary/aromatic N) is 2. The first kappa shape index (κ1) is 27.3. The summed E-state index contributed by atoms with van der Waals surface area (Å²) in [4.78, 5) is 4.86. The van der Waals surface area contributed by atoms with E-state index in [0.29, 0.717) is 22.1 Å². The fourth-order valence-electron chi connectivity index (χ4n) is 3.88. The number of pyridine rings is 1. The first-order chi connectivity index (χ1) is 17.1. The number of aliphatic hydroxyl groups is 1. The van der Waals surface area contributed by atoms with Crippen LogP contribution in [-0.2, 0) is 0 Å². The van der Waals surface area contributed by atoms with Gasteiger partial charge in [0.15, 0.2) is 0 Å². The number of benzene rings is 2. The highest BCUT2D eigenvalue weighted by molar-refractivity contribution is 8.00. The second-order valence-corrected chi connectivity index (χ2v) is 11.0. The average Bonchev–Trinajstić information content (AvgIpc) is 2.89. The van der Waals surface area contributed by atoms with Crippen LogP contribution < -0.4 is 0 Å². The fraction of sp³-hybridized carbons (Fsp3) is 0.400. The van der Waals surface area contributed by atoms with Crippen LogP contribution in [0.25, 0.3) is 22.4 Å². The lowest BCUT2D eigenvalue weighted by Gasteiger charge is -2.14. The third-order valence-corrected chi connectivity index (χ3v) is 8.21. The predicted molar refractivity (Wildman–Crippen MR) is 152 cm³/mol. The predicted octanol–water partition coefficient (Wildman–Crippen LogP) is 8.14. The van der Waals surface area contributed by atoms with Gasteiger partial charge in [-0.1, -0.05) is 99.2 Å². The zero-order chi connectivity index (χ0) is 24.9. The van der Waals surface area contributed by atoms with Crippen molar-refractivity contribution in [3.63, 3.8) is 0 Å². The van der Waals surface area contributed by atoms with Crippen molar-refractivity contribution in [2.75, 3.05) is 17.3 Å². The van der Waals surface area contributed by atoms with Gasteiger partial charge in [0.2, 0.25) is 0 Å². The number of rotatable bonds is 14. The highest BCUT2D eigenvalue weighted by Gasteiger charge is 2.17. The number of nitriles is 1. The van der Waals surface area contributed by atoms with Crippen LogP contribution >= 0.6 is 23.5 Å². The Hall–Kier alpha value is -2.26. The van der Waals surface area contributed by atoms with Crippen molar-refractivity contribution >= 4 is 23.5 Å². The maximum absolute atomic E-state index is 10.6. The molecule has 0 spiro atoms. The van der Waals surface area contributed by atoms with Gasteiger partial charge in [0.1, 0.15) is 11.1 Å². The molecule has 35 heavy (non-hydrogen) atoms. The number of aliphatic hydroxyl groups excluding tert-OH is 1. The number of unbranched alkanes of at least 4 members (excludes halogenated alkanes) is 5. The summed E-state index contributed by atoms with van der Waals surface area (Å²) in [7, 11) is 0. The van der Waals surface area contributed by atoms with Gasteiger partial charge in [0.05, 0.1) is 17.4 Å². The third-order valence-electron chi connectivity index (χ3n) is 5.90. The van der Waals surface area contributed by atoms with Crippen LogP contribution in [0.1, 0.15) is 56.6 Å². The Kier molecular flexibility index (Phi) is 11.7. The molecule has 0 saturated carbocycles. The molecule has 0 aliphatic carbocycles. The standard InChI is InChI=1S/C30H36N2OS2/c1-3-4-5-6-7-11-18-34-21-26(33)22-35-30-28(20-31)27(24-16-14-23(2)15-17-24)19-29(32-30)25-12-9-8-10-13-25/h8-10,12-17,19,26,33H,3-7,11,18,21-22H2,1-2H3/t26-/m0/s1. The summed E-state index contributed by atoms with van der Waals surface area (Å²) in [6.45, 7) is 4.30. The fourth-order valence-corrected chi connectivity index (χ4v) is 5.92. The summed E-state index contributed by atoms with van der Waals surface area (Å²) in [6.07, 6.45) is 7.33. The number of hydrogen-bond acceptors (Lipinski definition) is 5. The van der Waals surface area contributed by atoms with E-state index in [1.165, 1.54) is 55.9 Å². The third kappa shape index (κ3) is 8.72. The van der Waals surface area contributed by atoms with E-state index in [1.807, 2.05) is 48.2 Å². The molecule has 0 radical (unpaired) electrons. The first-order valence-electron chi connectivity index (χ1n) is 12.6. The molecule has 0 saturated heterocycles. The van der Waals surface area contributed by atoms with Crippen LogP contribution in [0, 0.1) is 18.3 Å². The zero-order valence-corrected chi connectivity index (χ0v) is 22.5.